The number of esters is 1. The number of aryl methyl sites for hydroxylation is 1. The minimum atomic E-state index is -5.87. The Labute approximate surface area is 395 Å². The van der Waals surface area contributed by atoms with E-state index in [4.69, 9.17) is 36.8 Å². The van der Waals surface area contributed by atoms with E-state index in [0.717, 1.165) is 23.8 Å². The second kappa shape index (κ2) is 28.8. The van der Waals surface area contributed by atoms with Crippen molar-refractivity contribution in [2.45, 2.75) is 155 Å². The van der Waals surface area contributed by atoms with Crippen molar-refractivity contribution in [3.8, 4) is 11.5 Å². The fourth-order valence-electron chi connectivity index (χ4n) is 6.78. The number of unbranched alkanes of at least 4 members (excludes halogenated alkanes) is 13. The summed E-state index contributed by atoms with van der Waals surface area (Å²) < 4.78 is 86.7. The zero-order valence-electron chi connectivity index (χ0n) is 38.7. The first-order valence-corrected chi connectivity index (χ1v) is 27.4. The number of nitrogens with one attached hydrogen (secondary N) is 1. The fraction of sp³-hybridized carbons (Fsp3) is 0.591. The average molecular weight is 1020 g/mol. The number of phosphoric ester groups is 2. The van der Waals surface area contributed by atoms with E-state index in [2.05, 4.69) is 16.2 Å². The van der Waals surface area contributed by atoms with Gasteiger partial charge in [-0.3, -0.25) is 32.7 Å². The predicted octanol–water partition coefficient (Wildman–Crippen LogP) is 9.60. The van der Waals surface area contributed by atoms with Crippen LogP contribution in [0.25, 0.3) is 0 Å². The molecule has 0 radical (unpaired) electrons. The number of rotatable bonds is 32. The number of hydrogen-bond donors (Lipinski definition) is 4. The van der Waals surface area contributed by atoms with Gasteiger partial charge in [0.25, 0.3) is 5.56 Å². The van der Waals surface area contributed by atoms with Crippen LogP contribution in [0.15, 0.2) is 64.3 Å². The minimum Gasteiger partial charge on any atom is -0.434 e. The van der Waals surface area contributed by atoms with Crippen LogP contribution in [-0.4, -0.2) is 62.0 Å². The number of aliphatic hydroxyl groups is 1. The van der Waals surface area contributed by atoms with E-state index >= 15 is 0 Å². The van der Waals surface area contributed by atoms with Crippen LogP contribution in [-0.2, 0) is 63.4 Å². The number of aromatic amines is 1. The Hall–Kier alpha value is -3.81. The summed E-state index contributed by atoms with van der Waals surface area (Å²) in [6.45, 7) is 3.38. The third-order valence-electron chi connectivity index (χ3n) is 10.5. The lowest BCUT2D eigenvalue weighted by atomic mass is 10.0. The maximum absolute atomic E-state index is 13.9. The van der Waals surface area contributed by atoms with Gasteiger partial charge in [0, 0.05) is 24.6 Å². The summed E-state index contributed by atoms with van der Waals surface area (Å²) in [6.07, 6.45) is 13.1. The first-order valence-electron chi connectivity index (χ1n) is 22.9. The van der Waals surface area contributed by atoms with Crippen LogP contribution < -0.4 is 20.7 Å². The molecule has 0 aliphatic carbocycles. The Kier molecular flexibility index (Phi) is 24.0. The topological polar surface area (TPSA) is 284 Å². The summed E-state index contributed by atoms with van der Waals surface area (Å²) in [5, 5.41) is 10.5. The minimum absolute atomic E-state index is 0.113. The molecule has 24 heteroatoms. The third-order valence-corrected chi connectivity index (χ3v) is 15.2. The van der Waals surface area contributed by atoms with Crippen molar-refractivity contribution in [2.75, 3.05) is 13.2 Å². The van der Waals surface area contributed by atoms with Gasteiger partial charge in [0.15, 0.2) is 0 Å². The maximum atomic E-state index is 13.9. The van der Waals surface area contributed by atoms with Gasteiger partial charge in [-0.05, 0) is 48.7 Å². The summed E-state index contributed by atoms with van der Waals surface area (Å²) in [5.41, 5.74) is -0.733. The number of benzene rings is 2. The smallest absolute Gasteiger partial charge is 0.434 e. The molecule has 68 heavy (non-hydrogen) atoms. The Morgan fingerprint density at radius 2 is 1.24 bits per heavy atom. The highest BCUT2D eigenvalue weighted by Gasteiger charge is 2.45. The van der Waals surface area contributed by atoms with Gasteiger partial charge in [-0.1, -0.05) is 122 Å². The second-order valence-electron chi connectivity index (χ2n) is 16.2. The van der Waals surface area contributed by atoms with E-state index in [1.54, 1.807) is 6.92 Å². The van der Waals surface area contributed by atoms with Gasteiger partial charge in [-0.25, -0.2) is 23.3 Å². The van der Waals surface area contributed by atoms with E-state index in [-0.39, 0.29) is 42.1 Å². The van der Waals surface area contributed by atoms with Crippen LogP contribution in [0.2, 0.25) is 0 Å². The highest BCUT2D eigenvalue weighted by molar-refractivity contribution is 7.67. The van der Waals surface area contributed by atoms with Crippen molar-refractivity contribution in [1.82, 2.24) is 9.55 Å². The Morgan fingerprint density at radius 3 is 1.76 bits per heavy atom. The summed E-state index contributed by atoms with van der Waals surface area (Å²) in [5.74, 6) is -0.185. The molecule has 1 aliphatic heterocycles. The highest BCUT2D eigenvalue weighted by Crippen LogP contribution is 2.69. The lowest BCUT2D eigenvalue weighted by molar-refractivity contribution is -0.134. The highest BCUT2D eigenvalue weighted by atomic mass is 31.3. The molecular weight excluding hydrogens is 953 g/mol. The first kappa shape index (κ1) is 56.8. The van der Waals surface area contributed by atoms with Gasteiger partial charge in [-0.2, -0.15) is 8.62 Å². The normalized spacial score (nSPS) is 18.6. The zero-order chi connectivity index (χ0) is 49.6. The number of carbonyl (C=O) groups excluding carboxylic acids is 2. The van der Waals surface area contributed by atoms with Crippen LogP contribution >= 0.6 is 23.5 Å². The molecule has 21 nitrogen and oxygen atoms in total. The maximum Gasteiger partial charge on any atom is 0.513 e. The number of aliphatic hydroxyl groups excluding tert-OH is 1. The van der Waals surface area contributed by atoms with Gasteiger partial charge in [0.1, 0.15) is 23.8 Å². The molecule has 1 aromatic heterocycles. The Morgan fingerprint density at radius 1 is 0.721 bits per heavy atom. The van der Waals surface area contributed by atoms with Crippen molar-refractivity contribution in [3.05, 3.63) is 92.3 Å². The molecule has 1 fully saturated rings. The lowest BCUT2D eigenvalue weighted by Gasteiger charge is -2.22. The molecule has 0 spiro atoms. The van der Waals surface area contributed by atoms with Crippen LogP contribution in [0.1, 0.15) is 139 Å². The predicted molar refractivity (Wildman–Crippen MR) is 247 cm³/mol. The second-order valence-corrected chi connectivity index (χ2v) is 21.1. The molecule has 4 rings (SSSR count). The van der Waals surface area contributed by atoms with Crippen LogP contribution in [0.5, 0.6) is 11.5 Å². The molecule has 4 N–H and O–H groups in total. The number of nitrogens with zero attached hydrogens (tertiary/aromatic N) is 1. The molecule has 2 aromatic carbocycles. The van der Waals surface area contributed by atoms with Crippen LogP contribution in [0, 0.1) is 6.92 Å². The Bertz CT molecular complexity index is 2290. The quantitative estimate of drug-likeness (QED) is 0.0149. The van der Waals surface area contributed by atoms with Crippen molar-refractivity contribution >= 4 is 35.6 Å². The number of carbonyl (C=O) groups is 2. The standard InChI is InChI=1S/C44H65N2O19P3/c1-4-6-7-8-9-10-11-12-13-14-15-16-17-18-27-57-44(51)62-37-25-21-35(22-26-37)31-60-68(56,59-30-34-19-23-36(24-20-34)61-41(48)5-2)65-67(54,55)64-66(52,53)58-32-39-38(47)28-40(63-39)46-29-33(3)42(49)45-43(46)50/h19-26,29,38-40,47H,4-18,27-28,30-32H2,1-3H3,(H,52,53)(H,54,55)(H,45,49,50)/t38-,39+,40+,68?/m0/s1. The molecule has 3 unspecified atom stereocenters. The molecule has 0 bridgehead atoms. The number of H-pyrrole nitrogens is 1. The summed E-state index contributed by atoms with van der Waals surface area (Å²) in [6, 6.07) is 11.3. The first-order chi connectivity index (χ1) is 32.4. The molecule has 2 heterocycles. The number of phosphoric acid groups is 3. The molecule has 1 aliphatic rings. The average Bonchev–Trinajstić information content (AvgIpc) is 3.66. The molecule has 6 atom stereocenters. The van der Waals surface area contributed by atoms with Gasteiger partial charge < -0.3 is 33.8 Å². The van der Waals surface area contributed by atoms with Gasteiger partial charge in [0.05, 0.1) is 32.5 Å². The number of hydrogen-bond acceptors (Lipinski definition) is 17. The van der Waals surface area contributed by atoms with Crippen LogP contribution in [0.4, 0.5) is 4.79 Å². The number of aromatic nitrogens is 2. The van der Waals surface area contributed by atoms with Gasteiger partial charge in [0.2, 0.25) is 0 Å². The van der Waals surface area contributed by atoms with E-state index in [1.807, 2.05) is 0 Å². The monoisotopic (exact) mass is 1020 g/mol. The van der Waals surface area contributed by atoms with Crippen LogP contribution in [0.3, 0.4) is 0 Å². The lowest BCUT2D eigenvalue weighted by Crippen LogP contribution is -2.33. The van der Waals surface area contributed by atoms with E-state index in [9.17, 15) is 47.8 Å². The SMILES string of the molecule is CCCCCCCCCCCCCCCCOC(=O)Oc1ccc(COP(=O)(OCc2ccc(OC(=O)CC)cc2)OP(=O)(O)OP(=O)(O)OC[C@H]2O[C@@H](n3cc(C)c(=O)[nH]c3=O)C[C@@H]2O)cc1. The Balaban J connectivity index is 1.27. The van der Waals surface area contributed by atoms with Crippen molar-refractivity contribution in [3.63, 3.8) is 0 Å². The van der Waals surface area contributed by atoms with E-state index < -0.39 is 85.1 Å². The molecule has 0 amide bonds. The molecule has 3 aromatic rings. The van der Waals surface area contributed by atoms with Gasteiger partial charge >= 0.3 is 41.3 Å². The van der Waals surface area contributed by atoms with Crippen molar-refractivity contribution in [2.24, 2.45) is 0 Å². The molecule has 0 saturated carbocycles. The summed E-state index contributed by atoms with van der Waals surface area (Å²) in [4.78, 5) is 71.0. The largest absolute Gasteiger partial charge is 0.513 e. The molecule has 1 saturated heterocycles. The molecule has 380 valence electrons. The zero-order valence-corrected chi connectivity index (χ0v) is 41.4. The third kappa shape index (κ3) is 21.0. The van der Waals surface area contributed by atoms with Crippen molar-refractivity contribution in [1.29, 1.82) is 0 Å². The fourth-order valence-corrected chi connectivity index (χ4v) is 10.8. The van der Waals surface area contributed by atoms with E-state index in [1.165, 1.54) is 126 Å². The summed E-state index contributed by atoms with van der Waals surface area (Å²) >= 11 is 0. The molecular formula is C44H65N2O19P3. The number of ether oxygens (including phenoxy) is 4. The summed E-state index contributed by atoms with van der Waals surface area (Å²) in [7, 11) is -16.7. The van der Waals surface area contributed by atoms with Crippen molar-refractivity contribution < 1.29 is 79.3 Å². The van der Waals surface area contributed by atoms with Gasteiger partial charge in [-0.15, -0.1) is 0 Å². The van der Waals surface area contributed by atoms with E-state index in [0.29, 0.717) is 12.0 Å².